The van der Waals surface area contributed by atoms with Gasteiger partial charge in [0.15, 0.2) is 5.96 Å². The van der Waals surface area contributed by atoms with Gasteiger partial charge in [-0.25, -0.2) is 9.98 Å². The van der Waals surface area contributed by atoms with Crippen molar-refractivity contribution in [1.82, 2.24) is 20.5 Å². The quantitative estimate of drug-likeness (QED) is 0.231. The molecule has 1 aliphatic heterocycles. The minimum atomic E-state index is 0. The summed E-state index contributed by atoms with van der Waals surface area (Å²) in [6.45, 7) is 5.78. The average molecular weight is 542 g/mol. The number of carbonyl (C=O) groups excluding carboxylic acids is 1. The summed E-state index contributed by atoms with van der Waals surface area (Å²) >= 11 is 5.82. The van der Waals surface area contributed by atoms with Crippen molar-refractivity contribution in [2.24, 2.45) is 4.99 Å². The number of carbonyl (C=O) groups is 1. The van der Waals surface area contributed by atoms with Crippen LogP contribution in [0, 0.1) is 0 Å². The van der Waals surface area contributed by atoms with E-state index in [-0.39, 0.29) is 29.9 Å². The molecule has 0 radical (unpaired) electrons. The molecule has 8 heteroatoms. The average Bonchev–Trinajstić information content (AvgIpc) is 3.13. The van der Waals surface area contributed by atoms with E-state index in [4.69, 9.17) is 11.6 Å². The molecule has 1 aliphatic rings. The van der Waals surface area contributed by atoms with Crippen LogP contribution < -0.4 is 10.6 Å². The summed E-state index contributed by atoms with van der Waals surface area (Å²) < 4.78 is 0. The first-order valence-corrected chi connectivity index (χ1v) is 10.5. The van der Waals surface area contributed by atoms with Crippen LogP contribution in [0.25, 0.3) is 0 Å². The monoisotopic (exact) mass is 541 g/mol. The Morgan fingerprint density at radius 1 is 1.13 bits per heavy atom. The summed E-state index contributed by atoms with van der Waals surface area (Å²) in [6.07, 6.45) is 4.30. The maximum absolute atomic E-state index is 11.8. The highest BCUT2D eigenvalue weighted by molar-refractivity contribution is 14.0. The Hall–Kier alpha value is -1.87. The molecule has 0 aliphatic carbocycles. The molecular weight excluding hydrogens is 513 g/mol. The molecule has 30 heavy (non-hydrogen) atoms. The molecule has 1 amide bonds. The van der Waals surface area contributed by atoms with E-state index < -0.39 is 0 Å². The van der Waals surface area contributed by atoms with Gasteiger partial charge in [-0.05, 0) is 42.5 Å². The molecule has 1 aromatic carbocycles. The van der Waals surface area contributed by atoms with Crippen molar-refractivity contribution < 1.29 is 4.79 Å². The van der Waals surface area contributed by atoms with E-state index in [1.54, 1.807) is 12.3 Å². The summed E-state index contributed by atoms with van der Waals surface area (Å²) in [5.74, 6) is 1.05. The van der Waals surface area contributed by atoms with E-state index in [0.717, 1.165) is 55.1 Å². The molecule has 3 rings (SSSR count). The zero-order chi connectivity index (χ0) is 20.5. The van der Waals surface area contributed by atoms with E-state index in [2.05, 4.69) is 51.8 Å². The topological polar surface area (TPSA) is 69.6 Å². The standard InChI is InChI=1S/C22H28ClN5O.HI/c1-2-24-22(25-12-11-18-9-10-20(23)26-14-18)27-15-17-5-7-19(8-6-17)16-28-13-3-4-21(28)29;/h5-10,14H,2-4,11-13,15-16H2,1H3,(H2,24,25,27);1H. The first-order chi connectivity index (χ1) is 14.1. The summed E-state index contributed by atoms with van der Waals surface area (Å²) in [5, 5.41) is 7.13. The van der Waals surface area contributed by atoms with Crippen LogP contribution in [0.4, 0.5) is 0 Å². The zero-order valence-electron chi connectivity index (χ0n) is 17.2. The largest absolute Gasteiger partial charge is 0.357 e. The maximum Gasteiger partial charge on any atom is 0.222 e. The Balaban J connectivity index is 0.00000320. The minimum absolute atomic E-state index is 0. The molecule has 0 saturated carbocycles. The van der Waals surface area contributed by atoms with Crippen molar-refractivity contribution in [3.63, 3.8) is 0 Å². The first-order valence-electron chi connectivity index (χ1n) is 10.1. The van der Waals surface area contributed by atoms with Gasteiger partial charge in [0.1, 0.15) is 5.15 Å². The second-order valence-corrected chi connectivity index (χ2v) is 7.48. The van der Waals surface area contributed by atoms with Gasteiger partial charge in [0, 0.05) is 38.8 Å². The molecular formula is C22H29ClIN5O. The third kappa shape index (κ3) is 7.75. The number of aliphatic imine (C=N–C) groups is 1. The number of nitrogens with one attached hydrogen (secondary N) is 2. The predicted octanol–water partition coefficient (Wildman–Crippen LogP) is 3.77. The number of likely N-dealkylation sites (tertiary alicyclic amines) is 1. The van der Waals surface area contributed by atoms with Gasteiger partial charge in [-0.3, -0.25) is 4.79 Å². The Kier molecular flexibility index (Phi) is 10.4. The van der Waals surface area contributed by atoms with Crippen molar-refractivity contribution in [2.45, 2.75) is 39.3 Å². The van der Waals surface area contributed by atoms with Gasteiger partial charge >= 0.3 is 0 Å². The van der Waals surface area contributed by atoms with Gasteiger partial charge in [-0.15, -0.1) is 24.0 Å². The van der Waals surface area contributed by atoms with E-state index in [1.807, 2.05) is 11.0 Å². The Morgan fingerprint density at radius 3 is 2.50 bits per heavy atom. The maximum atomic E-state index is 11.8. The lowest BCUT2D eigenvalue weighted by Crippen LogP contribution is -2.38. The predicted molar refractivity (Wildman–Crippen MR) is 132 cm³/mol. The molecule has 0 bridgehead atoms. The van der Waals surface area contributed by atoms with E-state index in [1.165, 1.54) is 0 Å². The second-order valence-electron chi connectivity index (χ2n) is 7.10. The van der Waals surface area contributed by atoms with Crippen LogP contribution in [0.3, 0.4) is 0 Å². The van der Waals surface area contributed by atoms with Crippen LogP contribution in [-0.2, 0) is 24.3 Å². The lowest BCUT2D eigenvalue weighted by atomic mass is 10.1. The number of hydrogen-bond donors (Lipinski definition) is 2. The normalized spacial score (nSPS) is 13.9. The Morgan fingerprint density at radius 2 is 1.87 bits per heavy atom. The van der Waals surface area contributed by atoms with Gasteiger partial charge in [-0.2, -0.15) is 0 Å². The highest BCUT2D eigenvalue weighted by atomic mass is 127. The van der Waals surface area contributed by atoms with Crippen LogP contribution in [0.15, 0.2) is 47.6 Å². The smallest absolute Gasteiger partial charge is 0.222 e. The Bertz CT molecular complexity index is 826. The molecule has 1 saturated heterocycles. The summed E-state index contributed by atoms with van der Waals surface area (Å²) in [4.78, 5) is 22.5. The number of rotatable bonds is 8. The lowest BCUT2D eigenvalue weighted by molar-refractivity contribution is -0.128. The van der Waals surface area contributed by atoms with Crippen LogP contribution in [-0.4, -0.2) is 41.4 Å². The fraction of sp³-hybridized carbons (Fsp3) is 0.409. The second kappa shape index (κ2) is 12.7. The number of nitrogens with zero attached hydrogens (tertiary/aromatic N) is 3. The van der Waals surface area contributed by atoms with Crippen LogP contribution >= 0.6 is 35.6 Å². The minimum Gasteiger partial charge on any atom is -0.357 e. The van der Waals surface area contributed by atoms with Gasteiger partial charge in [0.05, 0.1) is 6.54 Å². The number of amides is 1. The van der Waals surface area contributed by atoms with Crippen LogP contribution in [0.5, 0.6) is 0 Å². The van der Waals surface area contributed by atoms with E-state index in [9.17, 15) is 4.79 Å². The van der Waals surface area contributed by atoms with Gasteiger partial charge in [0.25, 0.3) is 0 Å². The molecule has 2 aromatic rings. The van der Waals surface area contributed by atoms with Crippen molar-refractivity contribution in [1.29, 1.82) is 0 Å². The third-order valence-electron chi connectivity index (χ3n) is 4.83. The molecule has 0 unspecified atom stereocenters. The number of halogens is 2. The fourth-order valence-corrected chi connectivity index (χ4v) is 3.35. The molecule has 1 aromatic heterocycles. The van der Waals surface area contributed by atoms with E-state index in [0.29, 0.717) is 24.7 Å². The number of hydrogen-bond acceptors (Lipinski definition) is 3. The molecule has 1 fully saturated rings. The number of guanidine groups is 1. The highest BCUT2D eigenvalue weighted by Crippen LogP contribution is 2.15. The van der Waals surface area contributed by atoms with E-state index >= 15 is 0 Å². The SMILES string of the molecule is CCNC(=NCc1ccc(CN2CCCC2=O)cc1)NCCc1ccc(Cl)nc1.I. The molecule has 162 valence electrons. The first kappa shape index (κ1) is 24.4. The summed E-state index contributed by atoms with van der Waals surface area (Å²) in [7, 11) is 0. The molecule has 2 heterocycles. The Labute approximate surface area is 200 Å². The van der Waals surface area contributed by atoms with Crippen molar-refractivity contribution in [3.8, 4) is 0 Å². The van der Waals surface area contributed by atoms with Crippen molar-refractivity contribution in [3.05, 3.63) is 64.4 Å². The lowest BCUT2D eigenvalue weighted by Gasteiger charge is -2.15. The van der Waals surface area contributed by atoms with Crippen molar-refractivity contribution in [2.75, 3.05) is 19.6 Å². The number of benzene rings is 1. The van der Waals surface area contributed by atoms with Crippen LogP contribution in [0.1, 0.15) is 36.5 Å². The van der Waals surface area contributed by atoms with Gasteiger partial charge in [-0.1, -0.05) is 41.9 Å². The molecule has 0 atom stereocenters. The fourth-order valence-electron chi connectivity index (χ4n) is 3.23. The summed E-state index contributed by atoms with van der Waals surface area (Å²) in [6, 6.07) is 12.1. The summed E-state index contributed by atoms with van der Waals surface area (Å²) in [5.41, 5.74) is 3.43. The number of aromatic nitrogens is 1. The zero-order valence-corrected chi connectivity index (χ0v) is 20.3. The third-order valence-corrected chi connectivity index (χ3v) is 5.05. The van der Waals surface area contributed by atoms with Gasteiger partial charge < -0.3 is 15.5 Å². The molecule has 0 spiro atoms. The highest BCUT2D eigenvalue weighted by Gasteiger charge is 2.19. The van der Waals surface area contributed by atoms with Crippen molar-refractivity contribution >= 4 is 47.4 Å². The van der Waals surface area contributed by atoms with Crippen LogP contribution in [0.2, 0.25) is 5.15 Å². The number of pyridine rings is 1. The van der Waals surface area contributed by atoms with Gasteiger partial charge in [0.2, 0.25) is 5.91 Å². The molecule has 6 nitrogen and oxygen atoms in total. The molecule has 2 N–H and O–H groups in total.